The summed E-state index contributed by atoms with van der Waals surface area (Å²) in [6.45, 7) is 0.708. The lowest BCUT2D eigenvalue weighted by atomic mass is 9.82. The predicted molar refractivity (Wildman–Crippen MR) is 64.7 cm³/mol. The number of rotatable bonds is 0. The predicted octanol–water partition coefficient (Wildman–Crippen LogP) is 1.61. The Bertz CT molecular complexity index is 373. The van der Waals surface area contributed by atoms with Crippen molar-refractivity contribution in [1.29, 1.82) is 0 Å². The van der Waals surface area contributed by atoms with E-state index in [4.69, 9.17) is 4.74 Å². The molecule has 1 spiro atoms. The van der Waals surface area contributed by atoms with E-state index in [2.05, 4.69) is 15.9 Å². The van der Waals surface area contributed by atoms with Gasteiger partial charge in [0, 0.05) is 6.54 Å². The average Bonchev–Trinajstić information content (AvgIpc) is 2.79. The van der Waals surface area contributed by atoms with Gasteiger partial charge in [0.25, 0.3) is 5.91 Å². The van der Waals surface area contributed by atoms with E-state index in [1.807, 2.05) is 0 Å². The van der Waals surface area contributed by atoms with E-state index in [0.29, 0.717) is 13.0 Å². The lowest BCUT2D eigenvalue weighted by Crippen LogP contribution is -2.65. The molecule has 3 atom stereocenters. The van der Waals surface area contributed by atoms with Crippen molar-refractivity contribution in [3.8, 4) is 0 Å². The topological polar surface area (TPSA) is 46.6 Å². The second-order valence-electron chi connectivity index (χ2n) is 5.18. The summed E-state index contributed by atoms with van der Waals surface area (Å²) in [6.07, 6.45) is 5.28. The number of ether oxygens (including phenoxy) is 1. The minimum atomic E-state index is -0.907. The monoisotopic (exact) mass is 301 g/mol. The Kier molecular flexibility index (Phi) is 2.69. The van der Waals surface area contributed by atoms with Crippen LogP contribution in [0.25, 0.3) is 0 Å². The molecule has 2 heterocycles. The maximum Gasteiger partial charge on any atom is 0.329 e. The second-order valence-corrected chi connectivity index (χ2v) is 6.29. The minimum Gasteiger partial charge on any atom is -0.446 e. The molecule has 0 aromatic carbocycles. The summed E-state index contributed by atoms with van der Waals surface area (Å²) in [6, 6.07) is -0.310. The Balaban J connectivity index is 1.95. The van der Waals surface area contributed by atoms with Crippen LogP contribution in [0.4, 0.5) is 0 Å². The van der Waals surface area contributed by atoms with E-state index < -0.39 is 5.60 Å². The van der Waals surface area contributed by atoms with Gasteiger partial charge in [-0.1, -0.05) is 22.4 Å². The molecule has 0 aromatic heterocycles. The minimum absolute atomic E-state index is 0.0262. The van der Waals surface area contributed by atoms with Crippen molar-refractivity contribution in [3.05, 3.63) is 0 Å². The Morgan fingerprint density at radius 2 is 2.06 bits per heavy atom. The number of carbonyl (C=O) groups is 2. The summed E-state index contributed by atoms with van der Waals surface area (Å²) in [7, 11) is 0. The molecular formula is C12H16BrNO3. The number of amides is 1. The molecule has 1 saturated carbocycles. The van der Waals surface area contributed by atoms with Gasteiger partial charge < -0.3 is 9.64 Å². The van der Waals surface area contributed by atoms with Crippen molar-refractivity contribution in [3.63, 3.8) is 0 Å². The van der Waals surface area contributed by atoms with Gasteiger partial charge in [0.2, 0.25) is 5.60 Å². The third-order valence-electron chi connectivity index (χ3n) is 4.19. The molecule has 1 aliphatic carbocycles. The zero-order valence-corrected chi connectivity index (χ0v) is 11.2. The van der Waals surface area contributed by atoms with Crippen LogP contribution in [0.5, 0.6) is 0 Å². The van der Waals surface area contributed by atoms with Crippen LogP contribution in [0.2, 0.25) is 0 Å². The van der Waals surface area contributed by atoms with Gasteiger partial charge in [0.15, 0.2) is 0 Å². The molecule has 0 bridgehead atoms. The summed E-state index contributed by atoms with van der Waals surface area (Å²) < 4.78 is 5.58. The number of fused-ring (bicyclic) bond motifs is 1. The standard InChI is InChI=1S/C12H16BrNO3/c13-9-5-1-2-6-12(9)11(16)14-7-3-4-8(14)10(15)17-12/h8-9H,1-7H2/t8-,9+,12?/m0/s1. The van der Waals surface area contributed by atoms with Crippen molar-refractivity contribution < 1.29 is 14.3 Å². The fourth-order valence-electron chi connectivity index (χ4n) is 3.25. The van der Waals surface area contributed by atoms with Crippen LogP contribution in [0.15, 0.2) is 0 Å². The van der Waals surface area contributed by atoms with Gasteiger partial charge in [-0.25, -0.2) is 4.79 Å². The highest BCUT2D eigenvalue weighted by Crippen LogP contribution is 2.42. The van der Waals surface area contributed by atoms with Gasteiger partial charge >= 0.3 is 5.97 Å². The van der Waals surface area contributed by atoms with Crippen LogP contribution in [-0.4, -0.2) is 39.8 Å². The number of morpholine rings is 1. The van der Waals surface area contributed by atoms with Crippen molar-refractivity contribution in [2.75, 3.05) is 6.54 Å². The van der Waals surface area contributed by atoms with Gasteiger partial charge in [-0.15, -0.1) is 0 Å². The summed E-state index contributed by atoms with van der Waals surface area (Å²) in [5.41, 5.74) is -0.907. The van der Waals surface area contributed by atoms with E-state index in [-0.39, 0.29) is 22.7 Å². The third-order valence-corrected chi connectivity index (χ3v) is 5.39. The number of esters is 1. The van der Waals surface area contributed by atoms with Gasteiger partial charge in [-0.05, 0) is 32.1 Å². The molecule has 1 unspecified atom stereocenters. The van der Waals surface area contributed by atoms with Crippen molar-refractivity contribution in [2.45, 2.75) is 55.0 Å². The molecule has 3 rings (SSSR count). The number of halogens is 1. The molecule has 3 fully saturated rings. The molecule has 17 heavy (non-hydrogen) atoms. The van der Waals surface area contributed by atoms with Crippen molar-refractivity contribution >= 4 is 27.8 Å². The van der Waals surface area contributed by atoms with E-state index in [0.717, 1.165) is 32.1 Å². The highest BCUT2D eigenvalue weighted by atomic mass is 79.9. The number of nitrogens with zero attached hydrogens (tertiary/aromatic N) is 1. The molecular weight excluding hydrogens is 286 g/mol. The van der Waals surface area contributed by atoms with E-state index in [1.165, 1.54) is 0 Å². The first-order chi connectivity index (χ1) is 8.15. The maximum atomic E-state index is 12.6. The Morgan fingerprint density at radius 3 is 2.82 bits per heavy atom. The summed E-state index contributed by atoms with van der Waals surface area (Å²) in [5, 5.41) is 0. The number of hydrogen-bond acceptors (Lipinski definition) is 3. The van der Waals surface area contributed by atoms with E-state index in [9.17, 15) is 9.59 Å². The number of alkyl halides is 1. The first kappa shape index (κ1) is 11.5. The fourth-order valence-corrected chi connectivity index (χ4v) is 4.09. The SMILES string of the molecule is O=C1OC2(CCCC[C@H]2Br)C(=O)N2CCC[C@@H]12. The van der Waals surface area contributed by atoms with Crippen LogP contribution in [0, 0.1) is 0 Å². The normalized spacial score (nSPS) is 41.6. The van der Waals surface area contributed by atoms with Crippen LogP contribution in [0.3, 0.4) is 0 Å². The number of carbonyl (C=O) groups excluding carboxylic acids is 2. The average molecular weight is 302 g/mol. The smallest absolute Gasteiger partial charge is 0.329 e. The van der Waals surface area contributed by atoms with Crippen molar-refractivity contribution in [1.82, 2.24) is 4.90 Å². The number of hydrogen-bond donors (Lipinski definition) is 0. The summed E-state index contributed by atoms with van der Waals surface area (Å²) in [4.78, 5) is 26.3. The molecule has 0 radical (unpaired) electrons. The van der Waals surface area contributed by atoms with E-state index >= 15 is 0 Å². The zero-order chi connectivity index (χ0) is 12.0. The lowest BCUT2D eigenvalue weighted by molar-refractivity contribution is -0.193. The quantitative estimate of drug-likeness (QED) is 0.504. The molecule has 2 saturated heterocycles. The second kappa shape index (κ2) is 3.97. The van der Waals surface area contributed by atoms with Crippen molar-refractivity contribution in [2.24, 2.45) is 0 Å². The molecule has 0 N–H and O–H groups in total. The zero-order valence-electron chi connectivity index (χ0n) is 9.65. The van der Waals surface area contributed by atoms with Crippen LogP contribution >= 0.6 is 15.9 Å². The molecule has 4 nitrogen and oxygen atoms in total. The highest BCUT2D eigenvalue weighted by Gasteiger charge is 2.58. The fraction of sp³-hybridized carbons (Fsp3) is 0.833. The molecule has 5 heteroatoms. The molecule has 1 amide bonds. The summed E-state index contributed by atoms with van der Waals surface area (Å²) >= 11 is 3.55. The molecule has 0 aromatic rings. The van der Waals surface area contributed by atoms with Gasteiger partial charge in [0.1, 0.15) is 6.04 Å². The Hall–Kier alpha value is -0.580. The first-order valence-electron chi connectivity index (χ1n) is 6.33. The first-order valence-corrected chi connectivity index (χ1v) is 7.25. The van der Waals surface area contributed by atoms with Crippen LogP contribution in [-0.2, 0) is 14.3 Å². The lowest BCUT2D eigenvalue weighted by Gasteiger charge is -2.46. The molecule has 3 aliphatic rings. The largest absolute Gasteiger partial charge is 0.446 e. The summed E-state index contributed by atoms with van der Waals surface area (Å²) in [5.74, 6) is -0.172. The highest BCUT2D eigenvalue weighted by molar-refractivity contribution is 9.09. The molecule has 2 aliphatic heterocycles. The third kappa shape index (κ3) is 1.54. The molecule has 94 valence electrons. The maximum absolute atomic E-state index is 12.6. The van der Waals surface area contributed by atoms with Crippen LogP contribution < -0.4 is 0 Å². The van der Waals surface area contributed by atoms with Gasteiger partial charge in [-0.2, -0.15) is 0 Å². The Labute approximate surface area is 109 Å². The van der Waals surface area contributed by atoms with Gasteiger partial charge in [0.05, 0.1) is 4.83 Å². The van der Waals surface area contributed by atoms with Gasteiger partial charge in [-0.3, -0.25) is 4.79 Å². The van der Waals surface area contributed by atoms with E-state index in [1.54, 1.807) is 4.90 Å². The Morgan fingerprint density at radius 1 is 1.24 bits per heavy atom. The van der Waals surface area contributed by atoms with Crippen LogP contribution in [0.1, 0.15) is 38.5 Å².